The number of rotatable bonds is 9. The van der Waals surface area contributed by atoms with E-state index in [4.69, 9.17) is 8.83 Å². The molecular formula is C29H26N2O3S. The number of furan rings is 1. The van der Waals surface area contributed by atoms with Gasteiger partial charge in [0.25, 0.3) is 11.1 Å². The number of carbonyl (C=O) groups is 1. The molecule has 0 N–H and O–H groups in total. The highest BCUT2D eigenvalue weighted by molar-refractivity contribution is 7.98. The lowest BCUT2D eigenvalue weighted by molar-refractivity contribution is 0.0711. The molecule has 3 aromatic carbocycles. The van der Waals surface area contributed by atoms with Crippen molar-refractivity contribution in [2.24, 2.45) is 0 Å². The lowest BCUT2D eigenvalue weighted by Gasteiger charge is -2.22. The molecule has 0 radical (unpaired) electrons. The second-order valence-corrected chi connectivity index (χ2v) is 9.38. The van der Waals surface area contributed by atoms with Gasteiger partial charge in [0.05, 0.1) is 5.75 Å². The highest BCUT2D eigenvalue weighted by atomic mass is 32.2. The Morgan fingerprint density at radius 2 is 1.63 bits per heavy atom. The van der Waals surface area contributed by atoms with Gasteiger partial charge in [0, 0.05) is 13.1 Å². The predicted molar refractivity (Wildman–Crippen MR) is 138 cm³/mol. The first-order chi connectivity index (χ1) is 17.1. The van der Waals surface area contributed by atoms with Crippen LogP contribution in [0, 0.1) is 6.92 Å². The summed E-state index contributed by atoms with van der Waals surface area (Å²) in [6.07, 6.45) is 0.778. The van der Waals surface area contributed by atoms with E-state index >= 15 is 0 Å². The van der Waals surface area contributed by atoms with Gasteiger partial charge in [0.15, 0.2) is 11.3 Å². The van der Waals surface area contributed by atoms with E-state index in [1.807, 2.05) is 84.6 Å². The van der Waals surface area contributed by atoms with E-state index in [1.165, 1.54) is 17.3 Å². The molecule has 0 saturated heterocycles. The van der Waals surface area contributed by atoms with Gasteiger partial charge in [-0.15, -0.1) is 0 Å². The van der Waals surface area contributed by atoms with Crippen molar-refractivity contribution in [3.05, 3.63) is 119 Å². The van der Waals surface area contributed by atoms with Crippen LogP contribution in [0.3, 0.4) is 0 Å². The number of amides is 1. The van der Waals surface area contributed by atoms with Gasteiger partial charge >= 0.3 is 0 Å². The number of thioether (sulfide) groups is 1. The molecule has 5 nitrogen and oxygen atoms in total. The monoisotopic (exact) mass is 482 g/mol. The van der Waals surface area contributed by atoms with Crippen LogP contribution in [-0.4, -0.2) is 22.3 Å². The lowest BCUT2D eigenvalue weighted by Crippen LogP contribution is -2.32. The summed E-state index contributed by atoms with van der Waals surface area (Å²) in [5.74, 6) is 1.47. The van der Waals surface area contributed by atoms with Crippen LogP contribution >= 0.6 is 11.8 Å². The van der Waals surface area contributed by atoms with E-state index in [-0.39, 0.29) is 5.91 Å². The van der Waals surface area contributed by atoms with Gasteiger partial charge in [0.1, 0.15) is 11.3 Å². The summed E-state index contributed by atoms with van der Waals surface area (Å²) in [7, 11) is 0. The number of benzene rings is 3. The van der Waals surface area contributed by atoms with Crippen LogP contribution in [0.5, 0.6) is 0 Å². The van der Waals surface area contributed by atoms with Crippen molar-refractivity contribution in [1.82, 2.24) is 9.88 Å². The molecule has 176 valence electrons. The van der Waals surface area contributed by atoms with Crippen LogP contribution in [0.25, 0.3) is 11.1 Å². The molecule has 35 heavy (non-hydrogen) atoms. The molecule has 0 aliphatic heterocycles. The highest BCUT2D eigenvalue weighted by Crippen LogP contribution is 2.27. The Hall–Kier alpha value is -3.77. The maximum Gasteiger partial charge on any atom is 0.289 e. The minimum atomic E-state index is -0.113. The first kappa shape index (κ1) is 23.0. The summed E-state index contributed by atoms with van der Waals surface area (Å²) in [6, 6.07) is 29.8. The van der Waals surface area contributed by atoms with Crippen molar-refractivity contribution in [3.63, 3.8) is 0 Å². The largest absolute Gasteiger partial charge is 0.455 e. The smallest absolute Gasteiger partial charge is 0.289 e. The number of carbonyl (C=O) groups excluding carboxylic acids is 1. The van der Waals surface area contributed by atoms with Crippen LogP contribution in [0.2, 0.25) is 0 Å². The van der Waals surface area contributed by atoms with Gasteiger partial charge in [0.2, 0.25) is 0 Å². The van der Waals surface area contributed by atoms with E-state index in [9.17, 15) is 4.79 Å². The standard InChI is InChI=1S/C29H26N2O3S/c1-21-12-14-25-27(18-21)34-29(30-25)35-20-24-13-15-26(33-24)28(32)31(19-23-10-6-3-7-11-23)17-16-22-8-4-2-5-9-22/h2-15,18H,16-17,19-20H2,1H3. The van der Waals surface area contributed by atoms with Crippen LogP contribution in [0.1, 0.15) is 33.0 Å². The molecule has 0 fully saturated rings. The fourth-order valence-electron chi connectivity index (χ4n) is 3.90. The molecule has 0 atom stereocenters. The normalized spacial score (nSPS) is 11.1. The van der Waals surface area contributed by atoms with Gasteiger partial charge in [-0.3, -0.25) is 4.79 Å². The number of hydrogen-bond donors (Lipinski definition) is 0. The Morgan fingerprint density at radius 3 is 2.40 bits per heavy atom. The fraction of sp³-hybridized carbons (Fsp3) is 0.172. The third kappa shape index (κ3) is 5.84. The number of nitrogens with zero attached hydrogens (tertiary/aromatic N) is 2. The zero-order chi connectivity index (χ0) is 24.0. The second kappa shape index (κ2) is 10.7. The van der Waals surface area contributed by atoms with Crippen LogP contribution in [0.4, 0.5) is 0 Å². The van der Waals surface area contributed by atoms with Crippen molar-refractivity contribution in [1.29, 1.82) is 0 Å². The maximum absolute atomic E-state index is 13.4. The Morgan fingerprint density at radius 1 is 0.886 bits per heavy atom. The molecule has 0 aliphatic carbocycles. The summed E-state index contributed by atoms with van der Waals surface area (Å²) < 4.78 is 11.8. The van der Waals surface area contributed by atoms with Crippen molar-refractivity contribution in [2.75, 3.05) is 6.54 Å². The molecule has 0 saturated carbocycles. The molecule has 6 heteroatoms. The van der Waals surface area contributed by atoms with Gasteiger partial charge < -0.3 is 13.7 Å². The average molecular weight is 483 g/mol. The zero-order valence-corrected chi connectivity index (χ0v) is 20.3. The van der Waals surface area contributed by atoms with Crippen LogP contribution in [-0.2, 0) is 18.7 Å². The average Bonchev–Trinajstić information content (AvgIpc) is 3.52. The minimum absolute atomic E-state index is 0.113. The Labute approximate surface area is 208 Å². The third-order valence-corrected chi connectivity index (χ3v) is 6.60. The highest BCUT2D eigenvalue weighted by Gasteiger charge is 2.20. The quantitative estimate of drug-likeness (QED) is 0.214. The number of hydrogen-bond acceptors (Lipinski definition) is 5. The van der Waals surface area contributed by atoms with Crippen molar-refractivity contribution in [3.8, 4) is 0 Å². The van der Waals surface area contributed by atoms with E-state index in [0.717, 1.165) is 28.6 Å². The topological polar surface area (TPSA) is 59.5 Å². The van der Waals surface area contributed by atoms with Gasteiger partial charge in [-0.2, -0.15) is 0 Å². The minimum Gasteiger partial charge on any atom is -0.455 e. The van der Waals surface area contributed by atoms with Gasteiger partial charge in [-0.05, 0) is 54.3 Å². The summed E-state index contributed by atoms with van der Waals surface area (Å²) in [6.45, 7) is 3.15. The zero-order valence-electron chi connectivity index (χ0n) is 19.5. The van der Waals surface area contributed by atoms with E-state index < -0.39 is 0 Å². The van der Waals surface area contributed by atoms with Crippen LogP contribution in [0.15, 0.2) is 105 Å². The van der Waals surface area contributed by atoms with Crippen molar-refractivity contribution < 1.29 is 13.6 Å². The van der Waals surface area contributed by atoms with Crippen LogP contribution < -0.4 is 0 Å². The Balaban J connectivity index is 1.27. The summed E-state index contributed by atoms with van der Waals surface area (Å²) in [4.78, 5) is 19.8. The first-order valence-corrected chi connectivity index (χ1v) is 12.6. The molecule has 0 bridgehead atoms. The molecular weight excluding hydrogens is 456 g/mol. The number of fused-ring (bicyclic) bond motifs is 1. The summed E-state index contributed by atoms with van der Waals surface area (Å²) in [5, 5.41) is 0.587. The van der Waals surface area contributed by atoms with Crippen molar-refractivity contribution in [2.45, 2.75) is 30.9 Å². The maximum atomic E-state index is 13.4. The first-order valence-electron chi connectivity index (χ1n) is 11.6. The molecule has 0 spiro atoms. The number of aromatic nitrogens is 1. The predicted octanol–water partition coefficient (Wildman–Crippen LogP) is 6.91. The van der Waals surface area contributed by atoms with E-state index in [0.29, 0.717) is 35.6 Å². The third-order valence-electron chi connectivity index (χ3n) is 5.75. The molecule has 0 aliphatic rings. The summed E-state index contributed by atoms with van der Waals surface area (Å²) >= 11 is 1.45. The molecule has 5 rings (SSSR count). The second-order valence-electron chi connectivity index (χ2n) is 8.45. The SMILES string of the molecule is Cc1ccc2nc(SCc3ccc(C(=O)N(CCc4ccccc4)Cc4ccccc4)o3)oc2c1. The summed E-state index contributed by atoms with van der Waals surface area (Å²) in [5.41, 5.74) is 5.03. The molecule has 1 amide bonds. The van der Waals surface area contributed by atoms with E-state index in [2.05, 4.69) is 17.1 Å². The van der Waals surface area contributed by atoms with Gasteiger partial charge in [-0.1, -0.05) is 78.5 Å². The van der Waals surface area contributed by atoms with E-state index in [1.54, 1.807) is 6.07 Å². The molecule has 2 heterocycles. The Kier molecular flexibility index (Phi) is 7.00. The van der Waals surface area contributed by atoms with Crippen molar-refractivity contribution >= 4 is 28.8 Å². The number of oxazole rings is 1. The fourth-order valence-corrected chi connectivity index (χ4v) is 4.63. The van der Waals surface area contributed by atoms with Gasteiger partial charge in [-0.25, -0.2) is 4.98 Å². The molecule has 5 aromatic rings. The number of aryl methyl sites for hydroxylation is 1. The Bertz CT molecular complexity index is 1410. The molecule has 2 aromatic heterocycles. The lowest BCUT2D eigenvalue weighted by atomic mass is 10.1. The molecule has 0 unspecified atom stereocenters.